The molecule has 1 heterocycles. The van der Waals surface area contributed by atoms with E-state index < -0.39 is 0 Å². The fourth-order valence-electron chi connectivity index (χ4n) is 8.56. The van der Waals surface area contributed by atoms with Crippen molar-refractivity contribution >= 4 is 28.4 Å². The molecule has 252 valence electrons. The molecule has 0 amide bonds. The van der Waals surface area contributed by atoms with Gasteiger partial charge in [0, 0.05) is 34.4 Å². The van der Waals surface area contributed by atoms with Gasteiger partial charge in [0.1, 0.15) is 0 Å². The summed E-state index contributed by atoms with van der Waals surface area (Å²) in [6.45, 7) is 4.95. The van der Waals surface area contributed by atoms with Gasteiger partial charge in [0.15, 0.2) is 0 Å². The lowest BCUT2D eigenvalue weighted by atomic mass is 9.61. The smallest absolute Gasteiger partial charge is 0.0518 e. The molecule has 7 aromatic rings. The first-order valence-corrected chi connectivity index (χ1v) is 18.4. The molecule has 0 N–H and O–H groups in total. The zero-order valence-electron chi connectivity index (χ0n) is 29.7. The SMILES string of the molecule is CC1C2C(=CCC1(C)c1ccc(-c3ccc(-c4ccccc4)cc3)cc1)N(c1ccccc1)c1cc(N(c3ccccc3)c3ccccc3)ccc12. The second kappa shape index (κ2) is 13.2. The topological polar surface area (TPSA) is 6.48 Å². The maximum absolute atomic E-state index is 2.53. The Bertz CT molecular complexity index is 2290. The quantitative estimate of drug-likeness (QED) is 0.167. The second-order valence-electron chi connectivity index (χ2n) is 14.5. The molecule has 1 aliphatic carbocycles. The highest BCUT2D eigenvalue weighted by Crippen LogP contribution is 2.59. The van der Waals surface area contributed by atoms with Crippen molar-refractivity contribution < 1.29 is 0 Å². The summed E-state index contributed by atoms with van der Waals surface area (Å²) in [5.74, 6) is 0.649. The van der Waals surface area contributed by atoms with E-state index in [1.807, 2.05) is 0 Å². The van der Waals surface area contributed by atoms with E-state index in [2.05, 4.69) is 218 Å². The van der Waals surface area contributed by atoms with E-state index in [1.165, 1.54) is 50.5 Å². The van der Waals surface area contributed by atoms with Crippen LogP contribution in [0.3, 0.4) is 0 Å². The molecule has 52 heavy (non-hydrogen) atoms. The van der Waals surface area contributed by atoms with Crippen LogP contribution in [-0.2, 0) is 5.41 Å². The Morgan fingerprint density at radius 2 is 1.00 bits per heavy atom. The van der Waals surface area contributed by atoms with Crippen LogP contribution in [0.2, 0.25) is 0 Å². The Balaban J connectivity index is 1.08. The number of hydrogen-bond donors (Lipinski definition) is 0. The first kappa shape index (κ1) is 31.8. The van der Waals surface area contributed by atoms with E-state index in [0.29, 0.717) is 5.92 Å². The van der Waals surface area contributed by atoms with E-state index in [4.69, 9.17) is 0 Å². The van der Waals surface area contributed by atoms with Crippen LogP contribution >= 0.6 is 0 Å². The zero-order valence-corrected chi connectivity index (χ0v) is 29.7. The first-order valence-electron chi connectivity index (χ1n) is 18.4. The van der Waals surface area contributed by atoms with Crippen LogP contribution in [0.1, 0.15) is 37.3 Å². The normalized spacial score (nSPS) is 19.0. The predicted molar refractivity (Wildman–Crippen MR) is 219 cm³/mol. The van der Waals surface area contributed by atoms with Crippen molar-refractivity contribution in [1.29, 1.82) is 0 Å². The Labute approximate surface area is 308 Å². The standard InChI is InChI=1S/C50H42N2/c1-36-49-46-32-31-45(51(42-17-9-4-10-18-42)43-19-11-5-12-20-43)35-48(46)52(44-21-13-6-14-22-44)47(49)33-34-50(36,2)41-29-27-40(28-30-41)39-25-23-38(24-26-39)37-15-7-3-8-16-37/h3-33,35-36,49H,34H2,1-2H3. The monoisotopic (exact) mass is 670 g/mol. The van der Waals surface area contributed by atoms with Crippen LogP contribution in [0.25, 0.3) is 22.3 Å². The van der Waals surface area contributed by atoms with Crippen LogP contribution in [0.5, 0.6) is 0 Å². The molecule has 2 nitrogen and oxygen atoms in total. The molecule has 9 rings (SSSR count). The zero-order chi connectivity index (χ0) is 35.1. The molecular formula is C50H42N2. The molecule has 0 bridgehead atoms. The van der Waals surface area contributed by atoms with Crippen LogP contribution in [0, 0.1) is 5.92 Å². The van der Waals surface area contributed by atoms with Gasteiger partial charge in [0.2, 0.25) is 0 Å². The van der Waals surface area contributed by atoms with E-state index >= 15 is 0 Å². The summed E-state index contributed by atoms with van der Waals surface area (Å²) in [6, 6.07) is 68.4. The van der Waals surface area contributed by atoms with Crippen LogP contribution in [-0.4, -0.2) is 0 Å². The number of nitrogens with zero attached hydrogens (tertiary/aromatic N) is 2. The highest BCUT2D eigenvalue weighted by Gasteiger charge is 2.48. The molecule has 2 heteroatoms. The number of anilines is 5. The average Bonchev–Trinajstić information content (AvgIpc) is 3.55. The minimum atomic E-state index is -0.0212. The molecule has 0 fully saturated rings. The summed E-state index contributed by atoms with van der Waals surface area (Å²) in [4.78, 5) is 4.89. The summed E-state index contributed by atoms with van der Waals surface area (Å²) >= 11 is 0. The lowest BCUT2D eigenvalue weighted by Crippen LogP contribution is -2.38. The van der Waals surface area contributed by atoms with Gasteiger partial charge in [-0.05, 0) is 99.7 Å². The van der Waals surface area contributed by atoms with E-state index in [0.717, 1.165) is 23.5 Å². The van der Waals surface area contributed by atoms with Crippen molar-refractivity contribution in [2.75, 3.05) is 9.80 Å². The highest BCUT2D eigenvalue weighted by molar-refractivity contribution is 5.85. The minimum Gasteiger partial charge on any atom is -0.314 e. The molecule has 2 aliphatic rings. The number of allylic oxidation sites excluding steroid dienone is 2. The fourth-order valence-corrected chi connectivity index (χ4v) is 8.56. The van der Waals surface area contributed by atoms with Gasteiger partial charge in [0.05, 0.1) is 5.69 Å². The van der Waals surface area contributed by atoms with Crippen LogP contribution in [0.4, 0.5) is 28.4 Å². The molecular weight excluding hydrogens is 629 g/mol. The third-order valence-electron chi connectivity index (χ3n) is 11.6. The summed E-state index contributed by atoms with van der Waals surface area (Å²) in [5.41, 5.74) is 15.1. The van der Waals surface area contributed by atoms with Crippen molar-refractivity contribution in [3.05, 3.63) is 211 Å². The number of para-hydroxylation sites is 3. The van der Waals surface area contributed by atoms with Gasteiger partial charge in [-0.3, -0.25) is 0 Å². The van der Waals surface area contributed by atoms with E-state index in [1.54, 1.807) is 0 Å². The van der Waals surface area contributed by atoms with E-state index in [9.17, 15) is 0 Å². The van der Waals surface area contributed by atoms with Crippen LogP contribution < -0.4 is 9.80 Å². The molecule has 0 radical (unpaired) electrons. The van der Waals surface area contributed by atoms with Gasteiger partial charge in [-0.2, -0.15) is 0 Å². The minimum absolute atomic E-state index is 0.0212. The number of fused-ring (bicyclic) bond motifs is 3. The van der Waals surface area contributed by atoms with Crippen molar-refractivity contribution in [3.8, 4) is 22.3 Å². The third kappa shape index (κ3) is 5.52. The fraction of sp³-hybridized carbons (Fsp3) is 0.120. The van der Waals surface area contributed by atoms with Gasteiger partial charge >= 0.3 is 0 Å². The van der Waals surface area contributed by atoms with E-state index in [-0.39, 0.29) is 11.3 Å². The maximum atomic E-state index is 2.53. The van der Waals surface area contributed by atoms with Crippen molar-refractivity contribution in [2.24, 2.45) is 5.92 Å². The molecule has 7 aromatic carbocycles. The van der Waals surface area contributed by atoms with Crippen molar-refractivity contribution in [1.82, 2.24) is 0 Å². The Kier molecular flexibility index (Phi) is 8.09. The lowest BCUT2D eigenvalue weighted by Gasteiger charge is -2.44. The van der Waals surface area contributed by atoms with Crippen molar-refractivity contribution in [2.45, 2.75) is 31.6 Å². The summed E-state index contributed by atoms with van der Waals surface area (Å²) < 4.78 is 0. The number of benzene rings is 7. The van der Waals surface area contributed by atoms with Crippen molar-refractivity contribution in [3.63, 3.8) is 0 Å². The molecule has 0 saturated heterocycles. The molecule has 0 spiro atoms. The summed E-state index contributed by atoms with van der Waals surface area (Å²) in [5, 5.41) is 0. The maximum Gasteiger partial charge on any atom is 0.0518 e. The Morgan fingerprint density at radius 1 is 0.519 bits per heavy atom. The molecule has 0 aromatic heterocycles. The van der Waals surface area contributed by atoms with Gasteiger partial charge in [-0.1, -0.05) is 159 Å². The predicted octanol–water partition coefficient (Wildman–Crippen LogP) is 13.6. The largest absolute Gasteiger partial charge is 0.314 e. The van der Waals surface area contributed by atoms with Crippen LogP contribution in [0.15, 0.2) is 200 Å². The molecule has 1 aliphatic heterocycles. The lowest BCUT2D eigenvalue weighted by molar-refractivity contribution is 0.272. The van der Waals surface area contributed by atoms with Gasteiger partial charge in [-0.25, -0.2) is 0 Å². The molecule has 3 unspecified atom stereocenters. The Hall–Kier alpha value is -6.12. The Morgan fingerprint density at radius 3 is 1.56 bits per heavy atom. The number of rotatable bonds is 7. The number of hydrogen-bond acceptors (Lipinski definition) is 2. The highest BCUT2D eigenvalue weighted by atomic mass is 15.2. The molecule has 0 saturated carbocycles. The van der Waals surface area contributed by atoms with Gasteiger partial charge in [0.25, 0.3) is 0 Å². The third-order valence-corrected chi connectivity index (χ3v) is 11.6. The first-order chi connectivity index (χ1) is 25.6. The second-order valence-corrected chi connectivity index (χ2v) is 14.5. The summed E-state index contributed by atoms with van der Waals surface area (Å²) in [6.07, 6.45) is 3.51. The summed E-state index contributed by atoms with van der Waals surface area (Å²) in [7, 11) is 0. The van der Waals surface area contributed by atoms with Gasteiger partial charge < -0.3 is 9.80 Å². The molecule has 3 atom stereocenters. The van der Waals surface area contributed by atoms with Gasteiger partial charge in [-0.15, -0.1) is 0 Å². The average molecular weight is 671 g/mol.